The van der Waals surface area contributed by atoms with E-state index in [1.165, 1.54) is 0 Å². The molecule has 0 spiro atoms. The van der Waals surface area contributed by atoms with E-state index >= 15 is 0 Å². The van der Waals surface area contributed by atoms with Gasteiger partial charge >= 0.3 is 5.97 Å². The molecule has 1 aromatic rings. The molecule has 0 saturated carbocycles. The number of nitrogens with two attached hydrogens (primary N) is 1. The molecule has 2 N–H and O–H groups in total. The van der Waals surface area contributed by atoms with Gasteiger partial charge in [0.25, 0.3) is 6.43 Å². The number of halogens is 2. The summed E-state index contributed by atoms with van der Waals surface area (Å²) in [5.74, 6) is -0.761. The molecule has 0 aliphatic carbocycles. The summed E-state index contributed by atoms with van der Waals surface area (Å²) in [6.45, 7) is -0.125. The molecule has 0 saturated heterocycles. The van der Waals surface area contributed by atoms with Crippen molar-refractivity contribution in [2.24, 2.45) is 5.73 Å². The van der Waals surface area contributed by atoms with Crippen LogP contribution < -0.4 is 5.73 Å². The lowest BCUT2D eigenvalue weighted by molar-refractivity contribution is 0.0598. The summed E-state index contributed by atoms with van der Waals surface area (Å²) in [6.07, 6.45) is -2.72. The first-order chi connectivity index (χ1) is 8.04. The minimum absolute atomic E-state index is 0.0538. The van der Waals surface area contributed by atoms with E-state index in [1.54, 1.807) is 6.07 Å². The maximum absolute atomic E-state index is 12.5. The zero-order valence-electron chi connectivity index (χ0n) is 9.04. The Morgan fingerprint density at radius 3 is 2.65 bits per heavy atom. The molecule has 1 rings (SSSR count). The van der Waals surface area contributed by atoms with Crippen LogP contribution in [0, 0.1) is 11.3 Å². The fraction of sp³-hybridized carbons (Fsp3) is 0.273. The van der Waals surface area contributed by atoms with E-state index in [1.807, 2.05) is 0 Å². The van der Waals surface area contributed by atoms with Gasteiger partial charge < -0.3 is 10.5 Å². The predicted molar refractivity (Wildman–Crippen MR) is 55.3 cm³/mol. The fourth-order valence-electron chi connectivity index (χ4n) is 1.45. The number of nitrogens with zero attached hydrogens (tertiary/aromatic N) is 1. The minimum Gasteiger partial charge on any atom is -0.465 e. The number of ether oxygens (including phenoxy) is 1. The third-order valence-corrected chi connectivity index (χ3v) is 2.22. The van der Waals surface area contributed by atoms with Crippen molar-refractivity contribution in [3.05, 3.63) is 34.4 Å². The zero-order valence-corrected chi connectivity index (χ0v) is 9.04. The van der Waals surface area contributed by atoms with Crippen molar-refractivity contribution in [3.8, 4) is 6.07 Å². The normalized spacial score (nSPS) is 10.1. The second-order valence-corrected chi connectivity index (χ2v) is 3.21. The van der Waals surface area contributed by atoms with Crippen LogP contribution in [-0.4, -0.2) is 13.1 Å². The van der Waals surface area contributed by atoms with Gasteiger partial charge in [0.2, 0.25) is 0 Å². The van der Waals surface area contributed by atoms with Crippen LogP contribution in [0.3, 0.4) is 0 Å². The van der Waals surface area contributed by atoms with Crippen LogP contribution in [0.2, 0.25) is 0 Å². The average Bonchev–Trinajstić information content (AvgIpc) is 2.35. The first-order valence-corrected chi connectivity index (χ1v) is 4.68. The number of hydrogen-bond donors (Lipinski definition) is 1. The van der Waals surface area contributed by atoms with Crippen LogP contribution >= 0.6 is 0 Å². The molecule has 0 aromatic heterocycles. The van der Waals surface area contributed by atoms with Gasteiger partial charge in [-0.2, -0.15) is 5.26 Å². The molecule has 0 unspecified atom stereocenters. The molecule has 0 fully saturated rings. The molecule has 0 aliphatic rings. The highest BCUT2D eigenvalue weighted by Crippen LogP contribution is 2.25. The average molecular weight is 240 g/mol. The maximum atomic E-state index is 12.5. The lowest BCUT2D eigenvalue weighted by Crippen LogP contribution is -2.12. The van der Waals surface area contributed by atoms with E-state index in [0.29, 0.717) is 0 Å². The molecule has 1 aromatic carbocycles. The highest BCUT2D eigenvalue weighted by Gasteiger charge is 2.20. The largest absolute Gasteiger partial charge is 0.465 e. The third kappa shape index (κ3) is 2.57. The zero-order chi connectivity index (χ0) is 13.0. The van der Waals surface area contributed by atoms with Gasteiger partial charge in [0.15, 0.2) is 0 Å². The smallest absolute Gasteiger partial charge is 0.339 e. The second-order valence-electron chi connectivity index (χ2n) is 3.21. The van der Waals surface area contributed by atoms with Crippen LogP contribution in [0.25, 0.3) is 0 Å². The minimum atomic E-state index is -2.72. The molecule has 0 heterocycles. The molecule has 17 heavy (non-hydrogen) atoms. The van der Waals surface area contributed by atoms with Crippen molar-refractivity contribution >= 4 is 5.97 Å². The van der Waals surface area contributed by atoms with Gasteiger partial charge in [-0.3, -0.25) is 0 Å². The van der Waals surface area contributed by atoms with Crippen LogP contribution in [0.1, 0.15) is 33.5 Å². The number of carbonyl (C=O) groups excluding carboxylic acids is 1. The van der Waals surface area contributed by atoms with E-state index in [2.05, 4.69) is 4.74 Å². The maximum Gasteiger partial charge on any atom is 0.339 e. The summed E-state index contributed by atoms with van der Waals surface area (Å²) in [6, 6.07) is 3.77. The van der Waals surface area contributed by atoms with Gasteiger partial charge in [0.1, 0.15) is 6.07 Å². The highest BCUT2D eigenvalue weighted by molar-refractivity contribution is 5.94. The highest BCUT2D eigenvalue weighted by atomic mass is 19.3. The Morgan fingerprint density at radius 1 is 1.59 bits per heavy atom. The summed E-state index contributed by atoms with van der Waals surface area (Å²) in [4.78, 5) is 11.4. The van der Waals surface area contributed by atoms with E-state index in [4.69, 9.17) is 11.0 Å². The third-order valence-electron chi connectivity index (χ3n) is 2.22. The van der Waals surface area contributed by atoms with Crippen molar-refractivity contribution < 1.29 is 18.3 Å². The molecule has 0 aliphatic heterocycles. The first-order valence-electron chi connectivity index (χ1n) is 4.68. The SMILES string of the molecule is COC(=O)c1c(C#N)cc(C(F)F)cc1CN. The van der Waals surface area contributed by atoms with Crippen molar-refractivity contribution in [1.82, 2.24) is 0 Å². The fourth-order valence-corrected chi connectivity index (χ4v) is 1.45. The number of nitriles is 1. The number of esters is 1. The Kier molecular flexibility index (Phi) is 4.12. The van der Waals surface area contributed by atoms with E-state index in [-0.39, 0.29) is 28.8 Å². The van der Waals surface area contributed by atoms with Crippen LogP contribution in [0.4, 0.5) is 8.78 Å². The number of rotatable bonds is 3. The van der Waals surface area contributed by atoms with Gasteiger partial charge in [-0.15, -0.1) is 0 Å². The molecule has 90 valence electrons. The van der Waals surface area contributed by atoms with Gasteiger partial charge in [-0.1, -0.05) is 0 Å². The van der Waals surface area contributed by atoms with Crippen LogP contribution in [-0.2, 0) is 11.3 Å². The standard InChI is InChI=1S/C11H10F2N2O2/c1-17-11(16)9-7(4-14)2-6(10(12)13)3-8(9)5-15/h2-3,10H,4,14H2,1H3. The van der Waals surface area contributed by atoms with E-state index in [0.717, 1.165) is 19.2 Å². The van der Waals surface area contributed by atoms with Gasteiger partial charge in [0.05, 0.1) is 18.2 Å². The summed E-state index contributed by atoms with van der Waals surface area (Å²) in [5, 5.41) is 8.85. The lowest BCUT2D eigenvalue weighted by atomic mass is 9.98. The molecule has 0 bridgehead atoms. The number of hydrogen-bond acceptors (Lipinski definition) is 4. The Bertz CT molecular complexity index is 481. The van der Waals surface area contributed by atoms with Crippen molar-refractivity contribution in [1.29, 1.82) is 5.26 Å². The number of alkyl halides is 2. The van der Waals surface area contributed by atoms with Crippen molar-refractivity contribution in [2.75, 3.05) is 7.11 Å². The molecule has 6 heteroatoms. The summed E-state index contributed by atoms with van der Waals surface area (Å²) in [7, 11) is 1.14. The van der Waals surface area contributed by atoms with Crippen molar-refractivity contribution in [2.45, 2.75) is 13.0 Å². The molecular weight excluding hydrogens is 230 g/mol. The quantitative estimate of drug-likeness (QED) is 0.816. The number of carbonyl (C=O) groups is 1. The summed E-state index contributed by atoms with van der Waals surface area (Å²) >= 11 is 0. The number of benzene rings is 1. The molecule has 0 radical (unpaired) electrons. The van der Waals surface area contributed by atoms with Gasteiger partial charge in [-0.05, 0) is 17.7 Å². The first kappa shape index (κ1) is 13.1. The topological polar surface area (TPSA) is 76.1 Å². The molecular formula is C11H10F2N2O2. The molecule has 0 atom stereocenters. The van der Waals surface area contributed by atoms with Gasteiger partial charge in [-0.25, -0.2) is 13.6 Å². The Hall–Kier alpha value is -2.00. The van der Waals surface area contributed by atoms with E-state index in [9.17, 15) is 13.6 Å². The Labute approximate surface area is 96.6 Å². The monoisotopic (exact) mass is 240 g/mol. The predicted octanol–water partition coefficient (Wildman–Crippen LogP) is 1.74. The van der Waals surface area contributed by atoms with Gasteiger partial charge in [0, 0.05) is 12.1 Å². The second kappa shape index (κ2) is 5.37. The Balaban J connectivity index is 3.48. The van der Waals surface area contributed by atoms with Crippen LogP contribution in [0.15, 0.2) is 12.1 Å². The van der Waals surface area contributed by atoms with E-state index < -0.39 is 12.4 Å². The molecule has 0 amide bonds. The Morgan fingerprint density at radius 2 is 2.24 bits per heavy atom. The lowest BCUT2D eigenvalue weighted by Gasteiger charge is -2.10. The summed E-state index contributed by atoms with van der Waals surface area (Å²) < 4.78 is 29.6. The summed E-state index contributed by atoms with van der Waals surface area (Å²) in [5.41, 5.74) is 5.00. The van der Waals surface area contributed by atoms with Crippen molar-refractivity contribution in [3.63, 3.8) is 0 Å². The number of methoxy groups -OCH3 is 1. The molecule has 4 nitrogen and oxygen atoms in total. The van der Waals surface area contributed by atoms with Crippen LogP contribution in [0.5, 0.6) is 0 Å².